The van der Waals surface area contributed by atoms with Gasteiger partial charge >= 0.3 is 0 Å². The fourth-order valence-electron chi connectivity index (χ4n) is 6.12. The molecule has 0 amide bonds. The molecule has 0 saturated heterocycles. The molecule has 0 unspecified atom stereocenters. The Hall–Kier alpha value is -4.39. The van der Waals surface area contributed by atoms with E-state index in [1.165, 1.54) is 37.9 Å². The first kappa shape index (κ1) is 24.6. The zero-order valence-electron chi connectivity index (χ0n) is 22.3. The van der Waals surface area contributed by atoms with Crippen LogP contribution in [0.25, 0.3) is 5.76 Å². The monoisotopic (exact) mass is 535 g/mol. The predicted octanol–water partition coefficient (Wildman–Crippen LogP) is 7.66. The lowest BCUT2D eigenvalue weighted by Gasteiger charge is -2.37. The van der Waals surface area contributed by atoms with Crippen LogP contribution in [0, 0.1) is 0 Å². The van der Waals surface area contributed by atoms with E-state index in [4.69, 9.17) is 9.73 Å². The van der Waals surface area contributed by atoms with Gasteiger partial charge in [0.25, 0.3) is 0 Å². The number of aliphatic imine (C=N–C) groups is 1. The van der Waals surface area contributed by atoms with E-state index in [9.17, 15) is 0 Å². The van der Waals surface area contributed by atoms with Crippen LogP contribution in [0.4, 0.5) is 5.69 Å². The molecule has 0 saturated carbocycles. The SMILES string of the molecule is c1ccc(N=C2OC3=C(CCc4ccccc43)CC2=P(c2ccccc2)(c2ccccc2)c2ccccc2)cc1. The number of rotatable bonds is 4. The van der Waals surface area contributed by atoms with Crippen molar-refractivity contribution in [2.75, 3.05) is 0 Å². The Balaban J connectivity index is 1.63. The van der Waals surface area contributed by atoms with Crippen LogP contribution in [0.5, 0.6) is 0 Å². The molecule has 2 aliphatic rings. The molecular formula is C37H30NOP. The number of aryl methyl sites for hydroxylation is 1. The average Bonchev–Trinajstić information content (AvgIpc) is 3.04. The summed E-state index contributed by atoms with van der Waals surface area (Å²) in [5, 5.41) is 5.21. The number of fused-ring (bicyclic) bond motifs is 2. The number of benzene rings is 5. The Morgan fingerprint density at radius 2 is 1.02 bits per heavy atom. The van der Waals surface area contributed by atoms with Gasteiger partial charge in [-0.3, -0.25) is 0 Å². The smallest absolute Gasteiger partial charge is 0.224 e. The van der Waals surface area contributed by atoms with Crippen molar-refractivity contribution in [1.29, 1.82) is 0 Å². The van der Waals surface area contributed by atoms with Gasteiger partial charge in [-0.1, -0.05) is 133 Å². The maximum Gasteiger partial charge on any atom is 0.224 e. The summed E-state index contributed by atoms with van der Waals surface area (Å²) in [5.41, 5.74) is 4.81. The van der Waals surface area contributed by atoms with Crippen LogP contribution in [0.15, 0.2) is 156 Å². The maximum absolute atomic E-state index is 7.02. The summed E-state index contributed by atoms with van der Waals surface area (Å²) in [5.74, 6) is 1.72. The minimum atomic E-state index is -2.34. The third-order valence-electron chi connectivity index (χ3n) is 7.93. The van der Waals surface area contributed by atoms with Crippen molar-refractivity contribution in [3.05, 3.63) is 162 Å². The van der Waals surface area contributed by atoms with Gasteiger partial charge in [-0.05, 0) is 58.9 Å². The van der Waals surface area contributed by atoms with Crippen molar-refractivity contribution in [1.82, 2.24) is 0 Å². The third kappa shape index (κ3) is 4.26. The molecule has 1 heterocycles. The normalized spacial score (nSPS) is 15.8. The topological polar surface area (TPSA) is 21.6 Å². The molecule has 2 nitrogen and oxygen atoms in total. The molecule has 3 heteroatoms. The Labute approximate surface area is 236 Å². The summed E-state index contributed by atoms with van der Waals surface area (Å²) >= 11 is 0. The van der Waals surface area contributed by atoms with Crippen LogP contribution in [0.3, 0.4) is 0 Å². The first-order valence-electron chi connectivity index (χ1n) is 13.9. The second-order valence-electron chi connectivity index (χ2n) is 10.2. The van der Waals surface area contributed by atoms with Crippen LogP contribution >= 0.6 is 6.89 Å². The van der Waals surface area contributed by atoms with Crippen molar-refractivity contribution < 1.29 is 4.74 Å². The van der Waals surface area contributed by atoms with Crippen LogP contribution in [0.2, 0.25) is 0 Å². The molecule has 5 aromatic rings. The minimum Gasteiger partial charge on any atom is -0.438 e. The van der Waals surface area contributed by atoms with E-state index in [2.05, 4.69) is 127 Å². The third-order valence-corrected chi connectivity index (χ3v) is 12.3. The Morgan fingerprint density at radius 3 is 1.60 bits per heavy atom. The standard InChI is InChI=1S/C37H30NOP/c1-5-16-30(17-6-1)38-37-35(27-29-26-25-28-15-13-14-24-34(28)36(29)39-37)40(31-18-7-2-8-19-31,32-20-9-3-10-21-32)33-22-11-4-12-23-33/h1-24H,25-27H2. The van der Waals surface area contributed by atoms with Gasteiger partial charge in [-0.15, -0.1) is 0 Å². The van der Waals surface area contributed by atoms with E-state index in [0.29, 0.717) is 0 Å². The molecule has 0 atom stereocenters. The van der Waals surface area contributed by atoms with Crippen molar-refractivity contribution >= 4 is 45.4 Å². The largest absolute Gasteiger partial charge is 0.438 e. The highest BCUT2D eigenvalue weighted by Crippen LogP contribution is 2.50. The Kier molecular flexibility index (Phi) is 6.55. The van der Waals surface area contributed by atoms with E-state index in [1.807, 2.05) is 18.2 Å². The summed E-state index contributed by atoms with van der Waals surface area (Å²) in [4.78, 5) is 5.26. The van der Waals surface area contributed by atoms with Crippen molar-refractivity contribution in [3.8, 4) is 0 Å². The molecule has 5 aromatic carbocycles. The molecule has 0 radical (unpaired) electrons. The second kappa shape index (κ2) is 10.6. The molecule has 194 valence electrons. The summed E-state index contributed by atoms with van der Waals surface area (Å²) in [7, 11) is 0. The summed E-state index contributed by atoms with van der Waals surface area (Å²) in [6.45, 7) is -2.34. The van der Waals surface area contributed by atoms with Gasteiger partial charge in [0.1, 0.15) is 5.76 Å². The zero-order chi connectivity index (χ0) is 26.8. The molecule has 0 aromatic heterocycles. The molecular weight excluding hydrogens is 505 g/mol. The lowest BCUT2D eigenvalue weighted by Crippen LogP contribution is -2.36. The quantitative estimate of drug-likeness (QED) is 0.217. The highest BCUT2D eigenvalue weighted by molar-refractivity contribution is 7.96. The maximum atomic E-state index is 7.02. The molecule has 0 N–H and O–H groups in total. The van der Waals surface area contributed by atoms with E-state index >= 15 is 0 Å². The van der Waals surface area contributed by atoms with E-state index < -0.39 is 6.89 Å². The highest BCUT2D eigenvalue weighted by atomic mass is 31.2. The van der Waals surface area contributed by atoms with Crippen molar-refractivity contribution in [2.24, 2.45) is 4.99 Å². The van der Waals surface area contributed by atoms with Gasteiger partial charge in [0.15, 0.2) is 0 Å². The predicted molar refractivity (Wildman–Crippen MR) is 171 cm³/mol. The Bertz CT molecular complexity index is 1670. The number of ether oxygens (including phenoxy) is 1. The molecule has 1 aliphatic carbocycles. The average molecular weight is 536 g/mol. The van der Waals surface area contributed by atoms with Crippen LogP contribution in [-0.4, -0.2) is 11.2 Å². The van der Waals surface area contributed by atoms with Crippen molar-refractivity contribution in [3.63, 3.8) is 0 Å². The molecule has 0 bridgehead atoms. The number of hydrogen-bond donors (Lipinski definition) is 0. The molecule has 0 fully saturated rings. The van der Waals surface area contributed by atoms with E-state index in [-0.39, 0.29) is 0 Å². The van der Waals surface area contributed by atoms with Gasteiger partial charge in [-0.25, -0.2) is 4.99 Å². The number of hydrogen-bond acceptors (Lipinski definition) is 2. The van der Waals surface area contributed by atoms with Gasteiger partial charge in [0.05, 0.1) is 5.69 Å². The summed E-state index contributed by atoms with van der Waals surface area (Å²) in [6.07, 6.45) is 2.86. The van der Waals surface area contributed by atoms with Gasteiger partial charge < -0.3 is 4.74 Å². The first-order chi connectivity index (χ1) is 19.8. The first-order valence-corrected chi connectivity index (χ1v) is 15.7. The number of nitrogens with zero attached hydrogens (tertiary/aromatic N) is 1. The van der Waals surface area contributed by atoms with Gasteiger partial charge in [-0.2, -0.15) is 0 Å². The lowest BCUT2D eigenvalue weighted by atomic mass is 9.87. The van der Waals surface area contributed by atoms with Gasteiger partial charge in [0, 0.05) is 17.3 Å². The fraction of sp³-hybridized carbons (Fsp3) is 0.0811. The van der Waals surface area contributed by atoms with Crippen molar-refractivity contribution in [2.45, 2.75) is 19.3 Å². The molecule has 40 heavy (non-hydrogen) atoms. The summed E-state index contributed by atoms with van der Waals surface area (Å²) < 4.78 is 7.02. The Morgan fingerprint density at radius 1 is 0.525 bits per heavy atom. The molecule has 1 aliphatic heterocycles. The van der Waals surface area contributed by atoms with E-state index in [0.717, 1.165) is 36.6 Å². The minimum absolute atomic E-state index is 0.728. The van der Waals surface area contributed by atoms with Gasteiger partial charge in [0.2, 0.25) is 5.90 Å². The lowest BCUT2D eigenvalue weighted by molar-refractivity contribution is 0.496. The highest BCUT2D eigenvalue weighted by Gasteiger charge is 2.37. The molecule has 7 rings (SSSR count). The number of allylic oxidation sites excluding steroid dienone is 1. The van der Waals surface area contributed by atoms with Crippen LogP contribution in [0.1, 0.15) is 24.0 Å². The summed E-state index contributed by atoms with van der Waals surface area (Å²) in [6, 6.07) is 51.9. The second-order valence-corrected chi connectivity index (χ2v) is 13.7. The number of para-hydroxylation sites is 1. The van der Waals surface area contributed by atoms with Crippen LogP contribution < -0.4 is 15.9 Å². The fourth-order valence-corrected chi connectivity index (χ4v) is 10.6. The van der Waals surface area contributed by atoms with E-state index in [1.54, 1.807) is 0 Å². The zero-order valence-corrected chi connectivity index (χ0v) is 23.2. The molecule has 0 spiro atoms. The van der Waals surface area contributed by atoms with Crippen LogP contribution in [-0.2, 0) is 11.2 Å².